The van der Waals surface area contributed by atoms with Crippen LogP contribution in [0.4, 0.5) is 0 Å². The van der Waals surface area contributed by atoms with Gasteiger partial charge >= 0.3 is 0 Å². The highest BCUT2D eigenvalue weighted by Gasteiger charge is 2.37. The van der Waals surface area contributed by atoms with Crippen molar-refractivity contribution < 1.29 is 14.4 Å². The minimum Gasteiger partial charge on any atom is -0.396 e. The summed E-state index contributed by atoms with van der Waals surface area (Å²) in [5.74, 6) is 0.911. The molecule has 0 saturated carbocycles. The van der Waals surface area contributed by atoms with Crippen molar-refractivity contribution in [3.63, 3.8) is 0 Å². The highest BCUT2D eigenvalue weighted by molar-refractivity contribution is 5.03. The lowest BCUT2D eigenvalue weighted by atomic mass is 10.0. The second kappa shape index (κ2) is 4.48. The molecule has 6 nitrogen and oxygen atoms in total. The first-order valence-electron chi connectivity index (χ1n) is 5.50. The maximum Gasteiger partial charge on any atom is 0.243 e. The van der Waals surface area contributed by atoms with E-state index in [0.717, 1.165) is 19.4 Å². The van der Waals surface area contributed by atoms with Gasteiger partial charge in [0.05, 0.1) is 6.04 Å². The van der Waals surface area contributed by atoms with Crippen LogP contribution in [0.5, 0.6) is 0 Å². The maximum atomic E-state index is 8.77. The van der Waals surface area contributed by atoms with Gasteiger partial charge in [-0.25, -0.2) is 0 Å². The minimum absolute atomic E-state index is 0.00660. The summed E-state index contributed by atoms with van der Waals surface area (Å²) in [6.07, 6.45) is 2.31. The van der Waals surface area contributed by atoms with E-state index in [4.69, 9.17) is 20.1 Å². The monoisotopic (exact) mass is 227 g/mol. The highest BCUT2D eigenvalue weighted by atomic mass is 16.5. The zero-order valence-corrected chi connectivity index (χ0v) is 9.35. The van der Waals surface area contributed by atoms with Crippen LogP contribution in [-0.4, -0.2) is 28.5 Å². The van der Waals surface area contributed by atoms with Gasteiger partial charge in [-0.05, 0) is 26.2 Å². The van der Waals surface area contributed by atoms with Crippen LogP contribution in [0.3, 0.4) is 0 Å². The van der Waals surface area contributed by atoms with E-state index in [0.29, 0.717) is 18.1 Å². The lowest BCUT2D eigenvalue weighted by molar-refractivity contribution is 0.00768. The van der Waals surface area contributed by atoms with Crippen LogP contribution in [0, 0.1) is 0 Å². The van der Waals surface area contributed by atoms with Crippen LogP contribution in [0.25, 0.3) is 0 Å². The number of hydrogen-bond acceptors (Lipinski definition) is 6. The van der Waals surface area contributed by atoms with E-state index in [-0.39, 0.29) is 6.61 Å². The van der Waals surface area contributed by atoms with Gasteiger partial charge < -0.3 is 20.1 Å². The third-order valence-electron chi connectivity index (χ3n) is 2.89. The summed E-state index contributed by atoms with van der Waals surface area (Å²) in [5, 5.41) is 12.7. The standard InChI is InChI=1S/C10H17N3O3/c1-10(4-2-6-15-10)9-12-8(16-13-9)7(11)3-5-14/h7,14H,2-6,11H2,1H3. The number of aliphatic hydroxyl groups is 1. The number of hydrogen-bond donors (Lipinski definition) is 2. The molecule has 2 rings (SSSR count). The molecule has 1 aromatic rings. The number of rotatable bonds is 4. The first-order valence-corrected chi connectivity index (χ1v) is 5.50. The third-order valence-corrected chi connectivity index (χ3v) is 2.89. The molecule has 0 amide bonds. The van der Waals surface area contributed by atoms with Crippen molar-refractivity contribution in [3.8, 4) is 0 Å². The maximum absolute atomic E-state index is 8.77. The second-order valence-electron chi connectivity index (χ2n) is 4.26. The Morgan fingerprint density at radius 2 is 2.44 bits per heavy atom. The quantitative estimate of drug-likeness (QED) is 0.776. The van der Waals surface area contributed by atoms with E-state index in [9.17, 15) is 0 Å². The summed E-state index contributed by atoms with van der Waals surface area (Å²) in [5.41, 5.74) is 5.32. The molecule has 3 N–H and O–H groups in total. The first-order chi connectivity index (χ1) is 7.65. The van der Waals surface area contributed by atoms with E-state index >= 15 is 0 Å². The molecule has 0 aromatic carbocycles. The first kappa shape index (κ1) is 11.5. The second-order valence-corrected chi connectivity index (χ2v) is 4.26. The zero-order chi connectivity index (χ0) is 11.6. The molecule has 2 heterocycles. The molecule has 90 valence electrons. The fourth-order valence-electron chi connectivity index (χ4n) is 1.82. The number of ether oxygens (including phenoxy) is 1. The predicted octanol–water partition coefficient (Wildman–Crippen LogP) is 0.477. The zero-order valence-electron chi connectivity index (χ0n) is 9.35. The summed E-state index contributed by atoms with van der Waals surface area (Å²) in [7, 11) is 0. The summed E-state index contributed by atoms with van der Waals surface area (Å²) in [6, 6.07) is -0.406. The van der Waals surface area contributed by atoms with Gasteiger partial charge in [-0.1, -0.05) is 5.16 Å². The van der Waals surface area contributed by atoms with Gasteiger partial charge in [-0.15, -0.1) is 0 Å². The van der Waals surface area contributed by atoms with Gasteiger partial charge in [0.15, 0.2) is 0 Å². The molecule has 1 fully saturated rings. The van der Waals surface area contributed by atoms with E-state index < -0.39 is 11.6 Å². The summed E-state index contributed by atoms with van der Waals surface area (Å²) in [6.45, 7) is 2.68. The molecule has 6 heteroatoms. The largest absolute Gasteiger partial charge is 0.396 e. The summed E-state index contributed by atoms with van der Waals surface area (Å²) < 4.78 is 10.7. The summed E-state index contributed by atoms with van der Waals surface area (Å²) in [4.78, 5) is 4.24. The summed E-state index contributed by atoms with van der Waals surface area (Å²) >= 11 is 0. The Morgan fingerprint density at radius 1 is 1.62 bits per heavy atom. The predicted molar refractivity (Wildman–Crippen MR) is 55.5 cm³/mol. The number of nitrogens with two attached hydrogens (primary N) is 1. The van der Waals surface area contributed by atoms with Crippen LogP contribution in [-0.2, 0) is 10.3 Å². The van der Waals surface area contributed by atoms with E-state index in [1.807, 2.05) is 6.92 Å². The van der Waals surface area contributed by atoms with Crippen molar-refractivity contribution in [2.45, 2.75) is 37.8 Å². The minimum atomic E-state index is -0.444. The van der Waals surface area contributed by atoms with Crippen LogP contribution in [0.15, 0.2) is 4.52 Å². The molecule has 16 heavy (non-hydrogen) atoms. The van der Waals surface area contributed by atoms with Gasteiger partial charge in [-0.2, -0.15) is 4.98 Å². The molecule has 0 aliphatic carbocycles. The van der Waals surface area contributed by atoms with Crippen molar-refractivity contribution in [1.29, 1.82) is 0 Å². The molecule has 1 saturated heterocycles. The molecule has 0 spiro atoms. The van der Waals surface area contributed by atoms with Crippen LogP contribution in [0.1, 0.15) is 43.9 Å². The normalized spacial score (nSPS) is 27.2. The SMILES string of the molecule is CC1(c2noc(C(N)CCO)n2)CCCO1. The van der Waals surface area contributed by atoms with E-state index in [2.05, 4.69) is 10.1 Å². The van der Waals surface area contributed by atoms with Crippen LogP contribution < -0.4 is 5.73 Å². The van der Waals surface area contributed by atoms with Crippen molar-refractivity contribution >= 4 is 0 Å². The Kier molecular flexibility index (Phi) is 3.22. The molecular weight excluding hydrogens is 210 g/mol. The average Bonchev–Trinajstić information content (AvgIpc) is 2.86. The third kappa shape index (κ3) is 2.09. The van der Waals surface area contributed by atoms with Crippen molar-refractivity contribution in [3.05, 3.63) is 11.7 Å². The van der Waals surface area contributed by atoms with E-state index in [1.54, 1.807) is 0 Å². The molecular formula is C10H17N3O3. The van der Waals surface area contributed by atoms with Gasteiger partial charge in [0.1, 0.15) is 5.60 Å². The molecule has 1 aliphatic heterocycles. The average molecular weight is 227 g/mol. The molecule has 2 atom stereocenters. The fourth-order valence-corrected chi connectivity index (χ4v) is 1.82. The topological polar surface area (TPSA) is 94.4 Å². The molecule has 0 bridgehead atoms. The lowest BCUT2D eigenvalue weighted by Crippen LogP contribution is -2.22. The Bertz CT molecular complexity index is 347. The van der Waals surface area contributed by atoms with Gasteiger partial charge in [0.25, 0.3) is 0 Å². The van der Waals surface area contributed by atoms with Crippen molar-refractivity contribution in [1.82, 2.24) is 10.1 Å². The number of aliphatic hydroxyl groups excluding tert-OH is 1. The van der Waals surface area contributed by atoms with Crippen LogP contribution in [0.2, 0.25) is 0 Å². The van der Waals surface area contributed by atoms with Crippen molar-refractivity contribution in [2.75, 3.05) is 13.2 Å². The lowest BCUT2D eigenvalue weighted by Gasteiger charge is -2.17. The highest BCUT2D eigenvalue weighted by Crippen LogP contribution is 2.33. The molecule has 2 unspecified atom stereocenters. The van der Waals surface area contributed by atoms with E-state index in [1.165, 1.54) is 0 Å². The number of aromatic nitrogens is 2. The van der Waals surface area contributed by atoms with Gasteiger partial charge in [-0.3, -0.25) is 0 Å². The van der Waals surface area contributed by atoms with Gasteiger partial charge in [0.2, 0.25) is 11.7 Å². The smallest absolute Gasteiger partial charge is 0.243 e. The van der Waals surface area contributed by atoms with Gasteiger partial charge in [0, 0.05) is 13.2 Å². The Morgan fingerprint density at radius 3 is 3.06 bits per heavy atom. The van der Waals surface area contributed by atoms with Crippen LogP contribution >= 0.6 is 0 Å². The number of nitrogens with zero attached hydrogens (tertiary/aromatic N) is 2. The molecule has 1 aliphatic rings. The van der Waals surface area contributed by atoms with Crippen molar-refractivity contribution in [2.24, 2.45) is 5.73 Å². The fraction of sp³-hybridized carbons (Fsp3) is 0.800. The molecule has 1 aromatic heterocycles. The molecule has 0 radical (unpaired) electrons. The Labute approximate surface area is 93.8 Å². The Hall–Kier alpha value is -0.980. The Balaban J connectivity index is 2.12.